The van der Waals surface area contributed by atoms with Gasteiger partial charge in [-0.25, -0.2) is 0 Å². The summed E-state index contributed by atoms with van der Waals surface area (Å²) < 4.78 is 5.83. The second-order valence-electron chi connectivity index (χ2n) is 4.79. The third-order valence-electron chi connectivity index (χ3n) is 3.47. The molecule has 1 unspecified atom stereocenters. The average Bonchev–Trinajstić information content (AvgIpc) is 3.08. The van der Waals surface area contributed by atoms with Gasteiger partial charge in [-0.2, -0.15) is 0 Å². The first-order valence-electron chi connectivity index (χ1n) is 6.08. The highest BCUT2D eigenvalue weighted by Crippen LogP contribution is 2.32. The SMILES string of the molecule is CNC(COc1ccc(C)c(C)c1)C1CC1. The Bertz CT molecular complexity index is 358. The molecule has 1 aromatic rings. The van der Waals surface area contributed by atoms with E-state index in [1.807, 2.05) is 7.05 Å². The molecule has 1 aliphatic carbocycles. The van der Waals surface area contributed by atoms with E-state index in [1.54, 1.807) is 0 Å². The molecule has 0 aromatic heterocycles. The van der Waals surface area contributed by atoms with Crippen molar-refractivity contribution in [3.8, 4) is 5.75 Å². The molecule has 0 heterocycles. The molecule has 2 rings (SSSR count). The molecule has 0 aliphatic heterocycles. The van der Waals surface area contributed by atoms with E-state index in [1.165, 1.54) is 24.0 Å². The molecule has 1 aliphatic rings. The molecule has 0 amide bonds. The Morgan fingerprint density at radius 2 is 2.06 bits per heavy atom. The summed E-state index contributed by atoms with van der Waals surface area (Å²) in [5, 5.41) is 3.34. The standard InChI is InChI=1S/C14H21NO/c1-10-4-7-13(8-11(10)2)16-9-14(15-3)12-5-6-12/h4,7-8,12,14-15H,5-6,9H2,1-3H3. The lowest BCUT2D eigenvalue weighted by Crippen LogP contribution is -2.33. The molecule has 0 spiro atoms. The van der Waals surface area contributed by atoms with Crippen molar-refractivity contribution >= 4 is 0 Å². The molecule has 2 nitrogen and oxygen atoms in total. The predicted molar refractivity (Wildman–Crippen MR) is 67.0 cm³/mol. The smallest absolute Gasteiger partial charge is 0.119 e. The normalized spacial score (nSPS) is 17.2. The van der Waals surface area contributed by atoms with Crippen LogP contribution in [0.15, 0.2) is 18.2 Å². The topological polar surface area (TPSA) is 21.3 Å². The molecular weight excluding hydrogens is 198 g/mol. The van der Waals surface area contributed by atoms with Gasteiger partial charge in [-0.05, 0) is 62.9 Å². The van der Waals surface area contributed by atoms with Crippen molar-refractivity contribution in [3.63, 3.8) is 0 Å². The van der Waals surface area contributed by atoms with Crippen molar-refractivity contribution in [2.45, 2.75) is 32.7 Å². The van der Waals surface area contributed by atoms with E-state index < -0.39 is 0 Å². The van der Waals surface area contributed by atoms with Crippen LogP contribution in [0.1, 0.15) is 24.0 Å². The minimum atomic E-state index is 0.515. The second-order valence-corrected chi connectivity index (χ2v) is 4.79. The molecule has 1 saturated carbocycles. The van der Waals surface area contributed by atoms with E-state index in [0.29, 0.717) is 6.04 Å². The molecule has 16 heavy (non-hydrogen) atoms. The third kappa shape index (κ3) is 2.76. The summed E-state index contributed by atoms with van der Waals surface area (Å²) in [7, 11) is 2.02. The van der Waals surface area contributed by atoms with Gasteiger partial charge in [0, 0.05) is 6.04 Å². The zero-order valence-electron chi connectivity index (χ0n) is 10.4. The summed E-state index contributed by atoms with van der Waals surface area (Å²) in [5.41, 5.74) is 2.62. The summed E-state index contributed by atoms with van der Waals surface area (Å²) in [6.07, 6.45) is 2.70. The summed E-state index contributed by atoms with van der Waals surface area (Å²) in [6, 6.07) is 6.81. The maximum atomic E-state index is 5.83. The number of rotatable bonds is 5. The van der Waals surface area contributed by atoms with Crippen molar-refractivity contribution in [2.24, 2.45) is 5.92 Å². The van der Waals surface area contributed by atoms with Gasteiger partial charge in [-0.3, -0.25) is 0 Å². The average molecular weight is 219 g/mol. The van der Waals surface area contributed by atoms with Gasteiger partial charge in [0.1, 0.15) is 12.4 Å². The fourth-order valence-electron chi connectivity index (χ4n) is 1.94. The Morgan fingerprint density at radius 1 is 1.31 bits per heavy atom. The molecule has 1 N–H and O–H groups in total. The van der Waals surface area contributed by atoms with Crippen LogP contribution in [-0.2, 0) is 0 Å². The lowest BCUT2D eigenvalue weighted by atomic mass is 10.1. The van der Waals surface area contributed by atoms with E-state index in [4.69, 9.17) is 4.74 Å². The van der Waals surface area contributed by atoms with Crippen molar-refractivity contribution in [1.82, 2.24) is 5.32 Å². The quantitative estimate of drug-likeness (QED) is 0.822. The number of likely N-dealkylation sites (N-methyl/N-ethyl adjacent to an activating group) is 1. The van der Waals surface area contributed by atoms with Crippen LogP contribution in [0.5, 0.6) is 5.75 Å². The molecule has 2 heteroatoms. The zero-order chi connectivity index (χ0) is 11.5. The summed E-state index contributed by atoms with van der Waals surface area (Å²) in [6.45, 7) is 5.03. The molecule has 1 atom stereocenters. The maximum Gasteiger partial charge on any atom is 0.119 e. The Hall–Kier alpha value is -1.02. The number of aryl methyl sites for hydroxylation is 2. The maximum absolute atomic E-state index is 5.83. The number of ether oxygens (including phenoxy) is 1. The van der Waals surface area contributed by atoms with Crippen LogP contribution in [0.2, 0.25) is 0 Å². The van der Waals surface area contributed by atoms with Gasteiger partial charge in [0.2, 0.25) is 0 Å². The predicted octanol–water partition coefficient (Wildman–Crippen LogP) is 2.68. The van der Waals surface area contributed by atoms with Crippen molar-refractivity contribution in [3.05, 3.63) is 29.3 Å². The molecule has 0 radical (unpaired) electrons. The number of nitrogens with one attached hydrogen (secondary N) is 1. The third-order valence-corrected chi connectivity index (χ3v) is 3.47. The minimum absolute atomic E-state index is 0.515. The van der Waals surface area contributed by atoms with Crippen molar-refractivity contribution < 1.29 is 4.74 Å². The molecule has 1 fully saturated rings. The summed E-state index contributed by atoms with van der Waals surface area (Å²) in [4.78, 5) is 0. The Morgan fingerprint density at radius 3 is 2.62 bits per heavy atom. The first-order valence-corrected chi connectivity index (χ1v) is 6.08. The van der Waals surface area contributed by atoms with Gasteiger partial charge in [-0.15, -0.1) is 0 Å². The van der Waals surface area contributed by atoms with Gasteiger partial charge < -0.3 is 10.1 Å². The van der Waals surface area contributed by atoms with E-state index >= 15 is 0 Å². The monoisotopic (exact) mass is 219 g/mol. The molecular formula is C14H21NO. The molecule has 88 valence electrons. The number of benzene rings is 1. The van der Waals surface area contributed by atoms with E-state index in [0.717, 1.165) is 18.3 Å². The number of hydrogen-bond donors (Lipinski definition) is 1. The van der Waals surface area contributed by atoms with Crippen LogP contribution in [0.4, 0.5) is 0 Å². The fraction of sp³-hybridized carbons (Fsp3) is 0.571. The van der Waals surface area contributed by atoms with Gasteiger partial charge in [0.25, 0.3) is 0 Å². The fourth-order valence-corrected chi connectivity index (χ4v) is 1.94. The Balaban J connectivity index is 1.90. The Labute approximate surface area is 98.0 Å². The summed E-state index contributed by atoms with van der Waals surface area (Å²) in [5.74, 6) is 1.82. The second kappa shape index (κ2) is 4.88. The van der Waals surface area contributed by atoms with Crippen molar-refractivity contribution in [2.75, 3.05) is 13.7 Å². The van der Waals surface area contributed by atoms with Crippen LogP contribution in [-0.4, -0.2) is 19.7 Å². The van der Waals surface area contributed by atoms with Crippen LogP contribution in [0.3, 0.4) is 0 Å². The largest absolute Gasteiger partial charge is 0.492 e. The van der Waals surface area contributed by atoms with Gasteiger partial charge in [0.05, 0.1) is 0 Å². The lowest BCUT2D eigenvalue weighted by Gasteiger charge is -2.16. The molecule has 1 aromatic carbocycles. The highest BCUT2D eigenvalue weighted by atomic mass is 16.5. The van der Waals surface area contributed by atoms with E-state index in [-0.39, 0.29) is 0 Å². The summed E-state index contributed by atoms with van der Waals surface area (Å²) >= 11 is 0. The van der Waals surface area contributed by atoms with Gasteiger partial charge in [-0.1, -0.05) is 6.07 Å². The van der Waals surface area contributed by atoms with E-state index in [9.17, 15) is 0 Å². The molecule has 0 saturated heterocycles. The lowest BCUT2D eigenvalue weighted by molar-refractivity contribution is 0.256. The van der Waals surface area contributed by atoms with Crippen molar-refractivity contribution in [1.29, 1.82) is 0 Å². The van der Waals surface area contributed by atoms with Crippen LogP contribution < -0.4 is 10.1 Å². The highest BCUT2D eigenvalue weighted by Gasteiger charge is 2.30. The van der Waals surface area contributed by atoms with E-state index in [2.05, 4.69) is 37.4 Å². The van der Waals surface area contributed by atoms with Gasteiger partial charge in [0.15, 0.2) is 0 Å². The highest BCUT2D eigenvalue weighted by molar-refractivity contribution is 5.33. The molecule has 0 bridgehead atoms. The van der Waals surface area contributed by atoms with Crippen LogP contribution in [0.25, 0.3) is 0 Å². The van der Waals surface area contributed by atoms with Crippen LogP contribution in [0, 0.1) is 19.8 Å². The van der Waals surface area contributed by atoms with Crippen LogP contribution >= 0.6 is 0 Å². The zero-order valence-corrected chi connectivity index (χ0v) is 10.4. The minimum Gasteiger partial charge on any atom is -0.492 e. The van der Waals surface area contributed by atoms with Gasteiger partial charge >= 0.3 is 0 Å². The Kier molecular flexibility index (Phi) is 3.49. The first kappa shape index (κ1) is 11.5. The first-order chi connectivity index (χ1) is 7.70. The number of hydrogen-bond acceptors (Lipinski definition) is 2.